The second-order valence-electron chi connectivity index (χ2n) is 7.76. The summed E-state index contributed by atoms with van der Waals surface area (Å²) in [7, 11) is 0. The van der Waals surface area contributed by atoms with E-state index in [1.807, 2.05) is 17.1 Å². The van der Waals surface area contributed by atoms with Crippen molar-refractivity contribution in [3.05, 3.63) is 57.8 Å². The average molecular weight is 437 g/mol. The molecule has 2 fully saturated rings. The zero-order valence-corrected chi connectivity index (χ0v) is 17.5. The van der Waals surface area contributed by atoms with E-state index in [1.165, 1.54) is 12.1 Å². The van der Waals surface area contributed by atoms with E-state index in [0.717, 1.165) is 23.1 Å². The van der Waals surface area contributed by atoms with Gasteiger partial charge in [0.1, 0.15) is 5.82 Å². The number of aliphatic hydroxyl groups is 1. The van der Waals surface area contributed by atoms with Crippen LogP contribution >= 0.6 is 23.2 Å². The first kappa shape index (κ1) is 20.6. The molecule has 1 N–H and O–H groups in total. The van der Waals surface area contributed by atoms with Crippen LogP contribution in [0.3, 0.4) is 0 Å². The molecule has 7 heteroatoms. The maximum Gasteiger partial charge on any atom is 0.240 e. The molecule has 1 atom stereocenters. The SMILES string of the molecule is O=C1[C@H](Cc2c(Cl)cc(-c3ccc(F)cc3)cc2Cl)CCN1N1CCC(O)CC1. The van der Waals surface area contributed by atoms with Crippen molar-refractivity contribution < 1.29 is 14.3 Å². The first-order chi connectivity index (χ1) is 13.9. The van der Waals surface area contributed by atoms with E-state index in [-0.39, 0.29) is 23.7 Å². The van der Waals surface area contributed by atoms with Crippen LogP contribution in [0.4, 0.5) is 4.39 Å². The summed E-state index contributed by atoms with van der Waals surface area (Å²) in [6.07, 6.45) is 2.36. The van der Waals surface area contributed by atoms with Crippen molar-refractivity contribution in [1.82, 2.24) is 10.0 Å². The quantitative estimate of drug-likeness (QED) is 0.763. The van der Waals surface area contributed by atoms with E-state index in [1.54, 1.807) is 12.1 Å². The summed E-state index contributed by atoms with van der Waals surface area (Å²) >= 11 is 13.0. The lowest BCUT2D eigenvalue weighted by Gasteiger charge is -2.36. The number of rotatable bonds is 4. The monoisotopic (exact) mass is 436 g/mol. The van der Waals surface area contributed by atoms with Crippen molar-refractivity contribution in [3.8, 4) is 11.1 Å². The van der Waals surface area contributed by atoms with Gasteiger partial charge in [0.25, 0.3) is 0 Å². The number of aliphatic hydroxyl groups excluding tert-OH is 1. The Bertz CT molecular complexity index is 875. The lowest BCUT2D eigenvalue weighted by Crippen LogP contribution is -2.49. The molecule has 2 heterocycles. The molecule has 2 saturated heterocycles. The van der Waals surface area contributed by atoms with Gasteiger partial charge in [0.2, 0.25) is 5.91 Å². The molecular formula is C22H23Cl2FN2O2. The molecule has 2 aliphatic rings. The first-order valence-corrected chi connectivity index (χ1v) is 10.7. The minimum Gasteiger partial charge on any atom is -0.393 e. The van der Waals surface area contributed by atoms with Crippen LogP contribution in [0, 0.1) is 11.7 Å². The van der Waals surface area contributed by atoms with E-state index in [4.69, 9.17) is 23.2 Å². The summed E-state index contributed by atoms with van der Waals surface area (Å²) in [5.41, 5.74) is 2.42. The minimum atomic E-state index is -0.296. The van der Waals surface area contributed by atoms with E-state index in [0.29, 0.717) is 48.9 Å². The van der Waals surface area contributed by atoms with E-state index >= 15 is 0 Å². The second kappa shape index (κ2) is 8.60. The summed E-state index contributed by atoms with van der Waals surface area (Å²) in [6, 6.07) is 9.81. The number of hydrogen-bond donors (Lipinski definition) is 1. The number of nitrogens with zero attached hydrogens (tertiary/aromatic N) is 2. The Labute approximate surface area is 179 Å². The third-order valence-corrected chi connectivity index (χ3v) is 6.52. The van der Waals surface area contributed by atoms with Gasteiger partial charge in [0.15, 0.2) is 0 Å². The van der Waals surface area contributed by atoms with Crippen LogP contribution in [-0.2, 0) is 11.2 Å². The molecule has 0 unspecified atom stereocenters. The van der Waals surface area contributed by atoms with Gasteiger partial charge in [-0.3, -0.25) is 9.80 Å². The average Bonchev–Trinajstić information content (AvgIpc) is 3.06. The van der Waals surface area contributed by atoms with Gasteiger partial charge in [-0.25, -0.2) is 9.40 Å². The molecule has 154 valence electrons. The molecule has 1 amide bonds. The molecule has 0 aliphatic carbocycles. The zero-order chi connectivity index (χ0) is 20.5. The van der Waals surface area contributed by atoms with Crippen LogP contribution in [-0.4, -0.2) is 46.8 Å². The molecule has 0 saturated carbocycles. The normalized spacial score (nSPS) is 21.2. The summed E-state index contributed by atoms with van der Waals surface area (Å²) in [6.45, 7) is 2.09. The first-order valence-electron chi connectivity index (χ1n) is 9.90. The third-order valence-electron chi connectivity index (χ3n) is 5.84. The molecule has 2 aromatic carbocycles. The molecular weight excluding hydrogens is 414 g/mol. The molecule has 0 radical (unpaired) electrons. The highest BCUT2D eigenvalue weighted by molar-refractivity contribution is 6.36. The van der Waals surface area contributed by atoms with Crippen molar-refractivity contribution in [3.63, 3.8) is 0 Å². The number of carbonyl (C=O) groups excluding carboxylic acids is 1. The van der Waals surface area contributed by atoms with E-state index in [9.17, 15) is 14.3 Å². The Kier molecular flexibility index (Phi) is 6.11. The van der Waals surface area contributed by atoms with Gasteiger partial charge in [-0.1, -0.05) is 35.3 Å². The highest BCUT2D eigenvalue weighted by Crippen LogP contribution is 2.35. The van der Waals surface area contributed by atoms with Gasteiger partial charge >= 0.3 is 0 Å². The van der Waals surface area contributed by atoms with Crippen LogP contribution in [0.2, 0.25) is 10.0 Å². The van der Waals surface area contributed by atoms with Crippen molar-refractivity contribution in [2.24, 2.45) is 5.92 Å². The maximum atomic E-state index is 13.2. The van der Waals surface area contributed by atoms with Gasteiger partial charge < -0.3 is 5.11 Å². The number of benzene rings is 2. The Morgan fingerprint density at radius 3 is 2.21 bits per heavy atom. The van der Waals surface area contributed by atoms with Crippen LogP contribution in [0.1, 0.15) is 24.8 Å². The lowest BCUT2D eigenvalue weighted by molar-refractivity contribution is -0.149. The van der Waals surface area contributed by atoms with Crippen LogP contribution in [0.15, 0.2) is 36.4 Å². The Morgan fingerprint density at radius 2 is 1.59 bits per heavy atom. The van der Waals surface area contributed by atoms with Crippen molar-refractivity contribution in [2.45, 2.75) is 31.8 Å². The van der Waals surface area contributed by atoms with Crippen molar-refractivity contribution in [1.29, 1.82) is 0 Å². The van der Waals surface area contributed by atoms with Gasteiger partial charge in [-0.05, 0) is 66.6 Å². The Hall–Kier alpha value is -1.66. The Morgan fingerprint density at radius 1 is 0.966 bits per heavy atom. The van der Waals surface area contributed by atoms with Gasteiger partial charge in [-0.15, -0.1) is 0 Å². The van der Waals surface area contributed by atoms with Gasteiger partial charge in [-0.2, -0.15) is 0 Å². The number of halogens is 3. The minimum absolute atomic E-state index is 0.0936. The standard InChI is InChI=1S/C22H23Cl2FN2O2/c23-20-12-16(14-1-3-17(25)4-2-14)13-21(24)19(20)11-15-5-10-27(22(15)29)26-8-6-18(28)7-9-26/h1-4,12-13,15,18,28H,5-11H2/t15-/m0/s1. The number of hydrazine groups is 1. The van der Waals surface area contributed by atoms with E-state index in [2.05, 4.69) is 5.01 Å². The zero-order valence-electron chi connectivity index (χ0n) is 16.0. The molecule has 4 nitrogen and oxygen atoms in total. The summed E-state index contributed by atoms with van der Waals surface area (Å²) in [5.74, 6) is -0.361. The van der Waals surface area contributed by atoms with Gasteiger partial charge in [0, 0.05) is 35.6 Å². The van der Waals surface area contributed by atoms with Crippen molar-refractivity contribution >= 4 is 29.1 Å². The molecule has 2 aliphatic heterocycles. The van der Waals surface area contributed by atoms with E-state index < -0.39 is 0 Å². The second-order valence-corrected chi connectivity index (χ2v) is 8.58. The molecule has 0 spiro atoms. The predicted molar refractivity (Wildman–Crippen MR) is 112 cm³/mol. The largest absolute Gasteiger partial charge is 0.393 e. The number of hydrogen-bond acceptors (Lipinski definition) is 3. The highest BCUT2D eigenvalue weighted by Gasteiger charge is 2.36. The fourth-order valence-corrected chi connectivity index (χ4v) is 4.78. The number of carbonyl (C=O) groups is 1. The molecule has 4 rings (SSSR count). The lowest BCUT2D eigenvalue weighted by atomic mass is 9.95. The van der Waals surface area contributed by atoms with Crippen LogP contribution in [0.5, 0.6) is 0 Å². The predicted octanol–water partition coefficient (Wildman–Crippen LogP) is 4.56. The molecule has 0 bridgehead atoms. The third kappa shape index (κ3) is 4.43. The summed E-state index contributed by atoms with van der Waals surface area (Å²) < 4.78 is 13.2. The smallest absolute Gasteiger partial charge is 0.240 e. The molecule has 2 aromatic rings. The maximum absolute atomic E-state index is 13.2. The molecule has 29 heavy (non-hydrogen) atoms. The summed E-state index contributed by atoms with van der Waals surface area (Å²) in [4.78, 5) is 12.9. The topological polar surface area (TPSA) is 43.8 Å². The van der Waals surface area contributed by atoms with Gasteiger partial charge in [0.05, 0.1) is 6.10 Å². The van der Waals surface area contributed by atoms with Crippen LogP contribution in [0.25, 0.3) is 11.1 Å². The Balaban J connectivity index is 1.48. The number of piperidine rings is 1. The number of amides is 1. The van der Waals surface area contributed by atoms with Crippen LogP contribution < -0.4 is 0 Å². The van der Waals surface area contributed by atoms with Crippen molar-refractivity contribution in [2.75, 3.05) is 19.6 Å². The highest BCUT2D eigenvalue weighted by atomic mass is 35.5. The fraction of sp³-hybridized carbons (Fsp3) is 0.409. The molecule has 0 aromatic heterocycles. The fourth-order valence-electron chi connectivity index (χ4n) is 4.14. The summed E-state index contributed by atoms with van der Waals surface area (Å²) in [5, 5.41) is 14.6.